The molecule has 0 fully saturated rings. The van der Waals surface area contributed by atoms with Gasteiger partial charge in [0.2, 0.25) is 0 Å². The highest BCUT2D eigenvalue weighted by Gasteiger charge is 2.03. The van der Waals surface area contributed by atoms with E-state index in [9.17, 15) is 8.78 Å². The SMILES string of the molecule is Cc1ncc(CNc2ccc(OC(F)F)cc2)s1. The molecule has 0 amide bonds. The standard InChI is InChI=1S/C12H12F2N2OS/c1-8-15-6-11(18-8)7-16-9-2-4-10(5-3-9)17-12(13)14/h2-6,12,16H,7H2,1H3. The van der Waals surface area contributed by atoms with Gasteiger partial charge in [0.05, 0.1) is 11.6 Å². The minimum absolute atomic E-state index is 0.157. The normalized spacial score (nSPS) is 10.7. The summed E-state index contributed by atoms with van der Waals surface area (Å²) >= 11 is 1.62. The zero-order chi connectivity index (χ0) is 13.0. The van der Waals surface area contributed by atoms with E-state index in [2.05, 4.69) is 15.0 Å². The molecule has 1 aromatic carbocycles. The first-order valence-electron chi connectivity index (χ1n) is 5.33. The Balaban J connectivity index is 1.90. The molecule has 0 bridgehead atoms. The van der Waals surface area contributed by atoms with Crippen LogP contribution in [-0.4, -0.2) is 11.6 Å². The molecule has 0 spiro atoms. The van der Waals surface area contributed by atoms with Crippen molar-refractivity contribution in [3.8, 4) is 5.75 Å². The molecule has 0 radical (unpaired) electrons. The number of hydrogen-bond acceptors (Lipinski definition) is 4. The number of nitrogens with one attached hydrogen (secondary N) is 1. The van der Waals surface area contributed by atoms with Crippen molar-refractivity contribution in [3.63, 3.8) is 0 Å². The molecule has 0 saturated heterocycles. The number of rotatable bonds is 5. The highest BCUT2D eigenvalue weighted by molar-refractivity contribution is 7.11. The average molecular weight is 270 g/mol. The molecular weight excluding hydrogens is 258 g/mol. The van der Waals surface area contributed by atoms with E-state index in [1.807, 2.05) is 13.1 Å². The van der Waals surface area contributed by atoms with Crippen molar-refractivity contribution in [2.24, 2.45) is 0 Å². The smallest absolute Gasteiger partial charge is 0.387 e. The van der Waals surface area contributed by atoms with Crippen LogP contribution in [0.5, 0.6) is 5.75 Å². The topological polar surface area (TPSA) is 34.2 Å². The van der Waals surface area contributed by atoms with Crippen LogP contribution in [0.4, 0.5) is 14.5 Å². The number of hydrogen-bond donors (Lipinski definition) is 1. The lowest BCUT2D eigenvalue weighted by Gasteiger charge is -2.07. The zero-order valence-electron chi connectivity index (χ0n) is 9.69. The molecule has 1 N–H and O–H groups in total. The maximum atomic E-state index is 11.9. The summed E-state index contributed by atoms with van der Waals surface area (Å²) in [5, 5.41) is 4.20. The van der Waals surface area contributed by atoms with Gasteiger partial charge >= 0.3 is 6.61 Å². The van der Waals surface area contributed by atoms with Gasteiger partial charge in [-0.3, -0.25) is 0 Å². The van der Waals surface area contributed by atoms with Gasteiger partial charge in [-0.05, 0) is 31.2 Å². The summed E-state index contributed by atoms with van der Waals surface area (Å²) in [5.41, 5.74) is 0.850. The van der Waals surface area contributed by atoms with Gasteiger partial charge in [0.25, 0.3) is 0 Å². The van der Waals surface area contributed by atoms with Crippen LogP contribution >= 0.6 is 11.3 Å². The highest BCUT2D eigenvalue weighted by Crippen LogP contribution is 2.19. The van der Waals surface area contributed by atoms with Crippen molar-refractivity contribution in [2.45, 2.75) is 20.1 Å². The molecule has 0 saturated carbocycles. The molecule has 0 aliphatic carbocycles. The van der Waals surface area contributed by atoms with Crippen LogP contribution in [-0.2, 0) is 6.54 Å². The Morgan fingerprint density at radius 1 is 1.33 bits per heavy atom. The monoisotopic (exact) mass is 270 g/mol. The number of anilines is 1. The van der Waals surface area contributed by atoms with Gasteiger partial charge in [-0.15, -0.1) is 11.3 Å². The van der Waals surface area contributed by atoms with E-state index in [4.69, 9.17) is 0 Å². The van der Waals surface area contributed by atoms with Gasteiger partial charge < -0.3 is 10.1 Å². The van der Waals surface area contributed by atoms with Crippen LogP contribution in [0.2, 0.25) is 0 Å². The lowest BCUT2D eigenvalue weighted by molar-refractivity contribution is -0.0498. The molecule has 6 heteroatoms. The minimum atomic E-state index is -2.79. The van der Waals surface area contributed by atoms with Crippen LogP contribution in [0.25, 0.3) is 0 Å². The summed E-state index contributed by atoms with van der Waals surface area (Å²) in [6.07, 6.45) is 1.82. The number of ether oxygens (including phenoxy) is 1. The van der Waals surface area contributed by atoms with E-state index in [0.717, 1.165) is 15.6 Å². The largest absolute Gasteiger partial charge is 0.435 e. The molecular formula is C12H12F2N2OS. The summed E-state index contributed by atoms with van der Waals surface area (Å²) in [6, 6.07) is 6.41. The second kappa shape index (κ2) is 5.77. The van der Waals surface area contributed by atoms with Gasteiger partial charge in [-0.1, -0.05) is 0 Å². The van der Waals surface area contributed by atoms with E-state index in [-0.39, 0.29) is 5.75 Å². The van der Waals surface area contributed by atoms with Crippen molar-refractivity contribution < 1.29 is 13.5 Å². The van der Waals surface area contributed by atoms with E-state index in [1.54, 1.807) is 23.5 Å². The average Bonchev–Trinajstić information content (AvgIpc) is 2.74. The number of halogens is 2. The molecule has 0 unspecified atom stereocenters. The summed E-state index contributed by atoms with van der Waals surface area (Å²) in [7, 11) is 0. The van der Waals surface area contributed by atoms with E-state index < -0.39 is 6.61 Å². The Hall–Kier alpha value is -1.69. The molecule has 3 nitrogen and oxygen atoms in total. The Morgan fingerprint density at radius 2 is 2.06 bits per heavy atom. The van der Waals surface area contributed by atoms with Crippen molar-refractivity contribution >= 4 is 17.0 Å². The quantitative estimate of drug-likeness (QED) is 0.900. The third-order valence-corrected chi connectivity index (χ3v) is 3.13. The van der Waals surface area contributed by atoms with Crippen LogP contribution in [0.1, 0.15) is 9.88 Å². The number of nitrogens with zero attached hydrogens (tertiary/aromatic N) is 1. The van der Waals surface area contributed by atoms with E-state index in [1.165, 1.54) is 12.1 Å². The Labute approximate surface area is 107 Å². The fourth-order valence-electron chi connectivity index (χ4n) is 1.43. The Bertz CT molecular complexity index is 499. The number of aryl methyl sites for hydroxylation is 1. The summed E-state index contributed by atoms with van der Waals surface area (Å²) in [6.45, 7) is -0.172. The Kier molecular flexibility index (Phi) is 4.09. The van der Waals surface area contributed by atoms with Gasteiger partial charge in [0, 0.05) is 16.8 Å². The van der Waals surface area contributed by atoms with Gasteiger partial charge in [0.1, 0.15) is 5.75 Å². The number of aromatic nitrogens is 1. The molecule has 0 aliphatic rings. The predicted octanol–water partition coefficient (Wildman–Crippen LogP) is 3.67. The molecule has 96 valence electrons. The van der Waals surface area contributed by atoms with E-state index in [0.29, 0.717) is 6.54 Å². The highest BCUT2D eigenvalue weighted by atomic mass is 32.1. The first-order chi connectivity index (χ1) is 8.63. The van der Waals surface area contributed by atoms with Gasteiger partial charge in [-0.25, -0.2) is 4.98 Å². The maximum Gasteiger partial charge on any atom is 0.387 e. The fourth-order valence-corrected chi connectivity index (χ4v) is 2.17. The van der Waals surface area contributed by atoms with Crippen molar-refractivity contribution in [1.82, 2.24) is 4.98 Å². The van der Waals surface area contributed by atoms with Crippen LogP contribution < -0.4 is 10.1 Å². The van der Waals surface area contributed by atoms with Gasteiger partial charge in [-0.2, -0.15) is 8.78 Å². The first-order valence-corrected chi connectivity index (χ1v) is 6.15. The maximum absolute atomic E-state index is 11.9. The number of benzene rings is 1. The molecule has 2 aromatic rings. The van der Waals surface area contributed by atoms with Crippen LogP contribution in [0, 0.1) is 6.92 Å². The second-order valence-corrected chi connectivity index (χ2v) is 4.92. The van der Waals surface area contributed by atoms with Crippen LogP contribution in [0.3, 0.4) is 0 Å². The predicted molar refractivity (Wildman–Crippen MR) is 67.3 cm³/mol. The van der Waals surface area contributed by atoms with Crippen molar-refractivity contribution in [3.05, 3.63) is 40.3 Å². The number of alkyl halides is 2. The molecule has 1 heterocycles. The molecule has 0 aliphatic heterocycles. The molecule has 18 heavy (non-hydrogen) atoms. The summed E-state index contributed by atoms with van der Waals surface area (Å²) < 4.78 is 28.2. The molecule has 0 atom stereocenters. The second-order valence-electron chi connectivity index (χ2n) is 3.60. The Morgan fingerprint density at radius 3 is 2.61 bits per heavy atom. The molecule has 1 aromatic heterocycles. The molecule has 2 rings (SSSR count). The summed E-state index contributed by atoms with van der Waals surface area (Å²) in [4.78, 5) is 5.28. The van der Waals surface area contributed by atoms with Crippen LogP contribution in [0.15, 0.2) is 30.5 Å². The van der Waals surface area contributed by atoms with Crippen molar-refractivity contribution in [1.29, 1.82) is 0 Å². The summed E-state index contributed by atoms with van der Waals surface area (Å²) in [5.74, 6) is 0.157. The lowest BCUT2D eigenvalue weighted by Crippen LogP contribution is -2.02. The van der Waals surface area contributed by atoms with Gasteiger partial charge in [0.15, 0.2) is 0 Å². The zero-order valence-corrected chi connectivity index (χ0v) is 10.5. The third-order valence-electron chi connectivity index (χ3n) is 2.22. The van der Waals surface area contributed by atoms with E-state index >= 15 is 0 Å². The number of thiazole rings is 1. The van der Waals surface area contributed by atoms with Crippen molar-refractivity contribution in [2.75, 3.05) is 5.32 Å². The third kappa shape index (κ3) is 3.66. The fraction of sp³-hybridized carbons (Fsp3) is 0.250. The minimum Gasteiger partial charge on any atom is -0.435 e. The lowest BCUT2D eigenvalue weighted by atomic mass is 10.3. The first kappa shape index (κ1) is 12.8.